The van der Waals surface area contributed by atoms with E-state index < -0.39 is 0 Å². The summed E-state index contributed by atoms with van der Waals surface area (Å²) >= 11 is 6.05. The molecule has 1 saturated heterocycles. The van der Waals surface area contributed by atoms with Crippen LogP contribution in [-0.2, 0) is 9.53 Å². The third-order valence-electron chi connectivity index (χ3n) is 6.59. The Morgan fingerprint density at radius 2 is 2.12 bits per heavy atom. The van der Waals surface area contributed by atoms with Gasteiger partial charge >= 0.3 is 0 Å². The van der Waals surface area contributed by atoms with Crippen LogP contribution >= 0.6 is 11.6 Å². The molecule has 1 unspecified atom stereocenters. The Kier molecular flexibility index (Phi) is 6.09. The highest BCUT2D eigenvalue weighted by Crippen LogP contribution is 2.45. The molecular weight excluding hydrogens is 440 g/mol. The number of nitrogens with one attached hydrogen (secondary N) is 1. The summed E-state index contributed by atoms with van der Waals surface area (Å²) in [4.78, 5) is 25.8. The first-order chi connectivity index (χ1) is 16.1. The largest absolute Gasteiger partial charge is 0.375 e. The third-order valence-corrected chi connectivity index (χ3v) is 6.80. The van der Waals surface area contributed by atoms with Gasteiger partial charge in [0.15, 0.2) is 0 Å². The number of methoxy groups -OCH3 is 1. The number of nitriles is 1. The number of nitrogens with zero attached hydrogens (tertiary/aromatic N) is 5. The summed E-state index contributed by atoms with van der Waals surface area (Å²) in [5.74, 6) is 1.67. The van der Waals surface area contributed by atoms with E-state index in [1.807, 2.05) is 17.0 Å². The number of anilines is 3. The second-order valence-electron chi connectivity index (χ2n) is 9.04. The highest BCUT2D eigenvalue weighted by atomic mass is 35.5. The molecule has 3 fully saturated rings. The van der Waals surface area contributed by atoms with E-state index in [9.17, 15) is 10.1 Å². The van der Waals surface area contributed by atoms with Gasteiger partial charge < -0.3 is 19.9 Å². The number of hydrogen-bond acceptors (Lipinski definition) is 7. The highest BCUT2D eigenvalue weighted by molar-refractivity contribution is 6.29. The van der Waals surface area contributed by atoms with Crippen LogP contribution in [0.4, 0.5) is 17.2 Å². The number of carbonyl (C=O) groups is 1. The van der Waals surface area contributed by atoms with Gasteiger partial charge in [-0.3, -0.25) is 4.79 Å². The molecule has 2 aromatic rings. The van der Waals surface area contributed by atoms with E-state index in [4.69, 9.17) is 21.3 Å². The summed E-state index contributed by atoms with van der Waals surface area (Å²) in [6.45, 7) is 2.07. The first kappa shape index (κ1) is 21.9. The van der Waals surface area contributed by atoms with Gasteiger partial charge in [0.25, 0.3) is 0 Å². The fraction of sp³-hybridized carbons (Fsp3) is 0.500. The van der Waals surface area contributed by atoms with E-state index >= 15 is 0 Å². The van der Waals surface area contributed by atoms with Crippen molar-refractivity contribution in [1.82, 2.24) is 14.9 Å². The number of aromatic nitrogens is 2. The number of carbonyl (C=O) groups excluding carboxylic acids is 1. The topological polar surface area (TPSA) is 94.4 Å². The van der Waals surface area contributed by atoms with Crippen molar-refractivity contribution in [1.29, 1.82) is 5.26 Å². The summed E-state index contributed by atoms with van der Waals surface area (Å²) < 4.78 is 5.09. The van der Waals surface area contributed by atoms with E-state index in [0.29, 0.717) is 42.2 Å². The lowest BCUT2D eigenvalue weighted by Gasteiger charge is -2.42. The molecule has 8 nitrogen and oxygen atoms in total. The molecule has 1 atom stereocenters. The third kappa shape index (κ3) is 4.75. The zero-order valence-electron chi connectivity index (χ0n) is 18.6. The standard InChI is InChI=1S/C24H27ClN6O2/c1-33-14-22(32)31-9-8-30(13-20(31)15-2-3-15)24-17(12-26)10-19(23(29-24)16-4-5-16)28-18-6-7-27-21(25)11-18/h6-7,10-11,15-16,20H,2-5,8-9,13-14H2,1H3,(H,27,28). The normalized spacial score (nSPS) is 20.5. The van der Waals surface area contributed by atoms with Crippen molar-refractivity contribution >= 4 is 34.7 Å². The molecule has 2 aliphatic carbocycles. The fourth-order valence-corrected chi connectivity index (χ4v) is 4.82. The maximum atomic E-state index is 12.6. The molecule has 2 saturated carbocycles. The molecular formula is C24H27ClN6O2. The molecule has 3 heterocycles. The Bertz CT molecular complexity index is 1090. The van der Waals surface area contributed by atoms with Crippen LogP contribution in [0.15, 0.2) is 24.4 Å². The van der Waals surface area contributed by atoms with Crippen LogP contribution in [0.2, 0.25) is 5.15 Å². The van der Waals surface area contributed by atoms with Gasteiger partial charge in [-0.15, -0.1) is 0 Å². The van der Waals surface area contributed by atoms with Crippen LogP contribution in [-0.4, -0.2) is 60.2 Å². The zero-order chi connectivity index (χ0) is 22.9. The van der Waals surface area contributed by atoms with Crippen molar-refractivity contribution in [2.75, 3.05) is 43.6 Å². The Morgan fingerprint density at radius 1 is 1.30 bits per heavy atom. The van der Waals surface area contributed by atoms with Crippen LogP contribution in [0.3, 0.4) is 0 Å². The minimum absolute atomic E-state index is 0.0387. The van der Waals surface area contributed by atoms with Gasteiger partial charge in [0.1, 0.15) is 23.6 Å². The van der Waals surface area contributed by atoms with Crippen molar-refractivity contribution in [3.05, 3.63) is 40.8 Å². The molecule has 0 radical (unpaired) electrons. The SMILES string of the molecule is COCC(=O)N1CCN(c2nc(C3CC3)c(Nc3ccnc(Cl)c3)cc2C#N)CC1C1CC1. The average molecular weight is 467 g/mol. The Hall–Kier alpha value is -2.89. The summed E-state index contributed by atoms with van der Waals surface area (Å²) in [7, 11) is 1.55. The van der Waals surface area contributed by atoms with Crippen molar-refractivity contribution in [2.45, 2.75) is 37.6 Å². The molecule has 1 amide bonds. The quantitative estimate of drug-likeness (QED) is 0.621. The summed E-state index contributed by atoms with van der Waals surface area (Å²) in [5.41, 5.74) is 3.17. The van der Waals surface area contributed by atoms with Crippen LogP contribution in [0, 0.1) is 17.2 Å². The number of piperazine rings is 1. The fourth-order valence-electron chi connectivity index (χ4n) is 4.65. The smallest absolute Gasteiger partial charge is 0.248 e. The number of ether oxygens (including phenoxy) is 1. The van der Waals surface area contributed by atoms with Crippen molar-refractivity contribution in [3.8, 4) is 6.07 Å². The molecule has 33 heavy (non-hydrogen) atoms. The Morgan fingerprint density at radius 3 is 2.79 bits per heavy atom. The predicted molar refractivity (Wildman–Crippen MR) is 126 cm³/mol. The lowest BCUT2D eigenvalue weighted by Crippen LogP contribution is -2.57. The van der Waals surface area contributed by atoms with Gasteiger partial charge in [0.2, 0.25) is 5.91 Å². The Balaban J connectivity index is 1.44. The minimum atomic E-state index is 0.0387. The number of halogens is 1. The molecule has 0 bridgehead atoms. The first-order valence-corrected chi connectivity index (χ1v) is 11.8. The Labute approximate surface area is 198 Å². The summed E-state index contributed by atoms with van der Waals surface area (Å²) in [6, 6.07) is 7.99. The molecule has 3 aliphatic rings. The zero-order valence-corrected chi connectivity index (χ0v) is 19.4. The highest BCUT2D eigenvalue weighted by Gasteiger charge is 2.41. The number of hydrogen-bond donors (Lipinski definition) is 1. The first-order valence-electron chi connectivity index (χ1n) is 11.4. The van der Waals surface area contributed by atoms with Crippen LogP contribution in [0.5, 0.6) is 0 Å². The van der Waals surface area contributed by atoms with Gasteiger partial charge in [-0.2, -0.15) is 5.26 Å². The molecule has 2 aromatic heterocycles. The maximum absolute atomic E-state index is 12.6. The van der Waals surface area contributed by atoms with Gasteiger partial charge in [-0.1, -0.05) is 11.6 Å². The van der Waals surface area contributed by atoms with Gasteiger partial charge in [0, 0.05) is 44.5 Å². The number of rotatable bonds is 7. The average Bonchev–Trinajstić information content (AvgIpc) is 3.71. The van der Waals surface area contributed by atoms with Gasteiger partial charge in [-0.05, 0) is 49.8 Å². The molecule has 1 N–H and O–H groups in total. The molecule has 172 valence electrons. The van der Waals surface area contributed by atoms with Gasteiger partial charge in [0.05, 0.1) is 23.0 Å². The van der Waals surface area contributed by atoms with E-state index in [0.717, 1.165) is 48.6 Å². The molecule has 5 rings (SSSR count). The summed E-state index contributed by atoms with van der Waals surface area (Å²) in [6.07, 6.45) is 6.11. The van der Waals surface area contributed by atoms with Crippen LogP contribution in [0.1, 0.15) is 42.9 Å². The second kappa shape index (κ2) is 9.16. The van der Waals surface area contributed by atoms with Crippen LogP contribution < -0.4 is 10.2 Å². The lowest BCUT2D eigenvalue weighted by molar-refractivity contribution is -0.138. The van der Waals surface area contributed by atoms with E-state index in [2.05, 4.69) is 21.3 Å². The number of amides is 1. The lowest BCUT2D eigenvalue weighted by atomic mass is 10.1. The van der Waals surface area contributed by atoms with Crippen molar-refractivity contribution < 1.29 is 9.53 Å². The van der Waals surface area contributed by atoms with E-state index in [1.54, 1.807) is 19.4 Å². The second-order valence-corrected chi connectivity index (χ2v) is 9.43. The molecule has 1 aliphatic heterocycles. The monoisotopic (exact) mass is 466 g/mol. The summed E-state index contributed by atoms with van der Waals surface area (Å²) in [5, 5.41) is 13.8. The van der Waals surface area contributed by atoms with Gasteiger partial charge in [-0.25, -0.2) is 9.97 Å². The van der Waals surface area contributed by atoms with E-state index in [-0.39, 0.29) is 18.6 Å². The molecule has 0 spiro atoms. The predicted octanol–water partition coefficient (Wildman–Crippen LogP) is 3.70. The van der Waals surface area contributed by atoms with Crippen LogP contribution in [0.25, 0.3) is 0 Å². The van der Waals surface area contributed by atoms with E-state index in [1.165, 1.54) is 0 Å². The minimum Gasteiger partial charge on any atom is -0.375 e. The molecule has 9 heteroatoms. The molecule has 0 aromatic carbocycles. The van der Waals surface area contributed by atoms with Crippen molar-refractivity contribution in [3.63, 3.8) is 0 Å². The maximum Gasteiger partial charge on any atom is 0.248 e. The van der Waals surface area contributed by atoms with Crippen molar-refractivity contribution in [2.24, 2.45) is 5.92 Å². The number of pyridine rings is 2.